The van der Waals surface area contributed by atoms with Crippen LogP contribution in [0.15, 0.2) is 48.1 Å². The van der Waals surface area contributed by atoms with Crippen molar-refractivity contribution >= 4 is 22.9 Å². The molecule has 0 atom stereocenters. The van der Waals surface area contributed by atoms with Gasteiger partial charge in [0, 0.05) is 22.9 Å². The van der Waals surface area contributed by atoms with Crippen molar-refractivity contribution in [1.29, 1.82) is 0 Å². The third kappa shape index (κ3) is 3.51. The Bertz CT molecular complexity index is 839. The summed E-state index contributed by atoms with van der Waals surface area (Å²) < 4.78 is 13.0. The average molecular weight is 329 g/mol. The van der Waals surface area contributed by atoms with E-state index in [1.807, 2.05) is 5.38 Å². The fourth-order valence-electron chi connectivity index (χ4n) is 2.09. The Morgan fingerprint density at radius 3 is 2.78 bits per heavy atom. The number of nitrogens with one attached hydrogen (secondary N) is 1. The molecule has 0 fully saturated rings. The maximum Gasteiger partial charge on any atom is 0.226 e. The van der Waals surface area contributed by atoms with Crippen LogP contribution in [0.2, 0.25) is 0 Å². The third-order valence-electron chi connectivity index (χ3n) is 3.22. The van der Waals surface area contributed by atoms with Crippen LogP contribution in [0.25, 0.3) is 5.76 Å². The summed E-state index contributed by atoms with van der Waals surface area (Å²) in [6, 6.07) is 7.92. The minimum Gasteiger partial charge on any atom is -0.507 e. The summed E-state index contributed by atoms with van der Waals surface area (Å²) in [7, 11) is 0. The number of ketones is 1. The fourth-order valence-corrected chi connectivity index (χ4v) is 3.01. The molecule has 116 valence electrons. The SMILES string of the molecule is O=C(C=C(O)c1ccsc1Cc1ccc(F)cc1)c1ncn[nH]1. The number of hydrogen-bond acceptors (Lipinski definition) is 5. The zero-order valence-electron chi connectivity index (χ0n) is 11.9. The van der Waals surface area contributed by atoms with Gasteiger partial charge in [-0.25, -0.2) is 9.37 Å². The number of hydrogen-bond donors (Lipinski definition) is 2. The van der Waals surface area contributed by atoms with Gasteiger partial charge in [0.2, 0.25) is 5.78 Å². The second-order valence-electron chi connectivity index (χ2n) is 4.79. The van der Waals surface area contributed by atoms with E-state index < -0.39 is 5.78 Å². The summed E-state index contributed by atoms with van der Waals surface area (Å²) in [5.41, 5.74) is 1.50. The quantitative estimate of drug-likeness (QED) is 0.427. The zero-order chi connectivity index (χ0) is 16.2. The number of halogens is 1. The smallest absolute Gasteiger partial charge is 0.226 e. The highest BCUT2D eigenvalue weighted by Gasteiger charge is 2.13. The molecule has 0 bridgehead atoms. The largest absolute Gasteiger partial charge is 0.507 e. The first-order valence-electron chi connectivity index (χ1n) is 6.75. The molecule has 5 nitrogen and oxygen atoms in total. The Morgan fingerprint density at radius 1 is 1.30 bits per heavy atom. The molecule has 3 rings (SSSR count). The number of allylic oxidation sites excluding steroid dienone is 1. The summed E-state index contributed by atoms with van der Waals surface area (Å²) in [6.07, 6.45) is 2.88. The number of aromatic amines is 1. The topological polar surface area (TPSA) is 78.9 Å². The van der Waals surface area contributed by atoms with Gasteiger partial charge in [-0.2, -0.15) is 5.10 Å². The van der Waals surface area contributed by atoms with Crippen LogP contribution >= 0.6 is 11.3 Å². The molecule has 0 aliphatic heterocycles. The van der Waals surface area contributed by atoms with E-state index in [0.29, 0.717) is 12.0 Å². The van der Waals surface area contributed by atoms with Crippen molar-refractivity contribution in [3.05, 3.63) is 75.8 Å². The molecule has 23 heavy (non-hydrogen) atoms. The minimum absolute atomic E-state index is 0.0619. The van der Waals surface area contributed by atoms with Gasteiger partial charge in [0.1, 0.15) is 17.9 Å². The highest BCUT2D eigenvalue weighted by molar-refractivity contribution is 7.10. The standard InChI is InChI=1S/C16H12FN3O2S/c17-11-3-1-10(2-4-11)7-15-12(5-6-23-15)13(21)8-14(22)16-18-9-19-20-16/h1-6,8-9,21H,7H2,(H,18,19,20). The molecule has 0 radical (unpaired) electrons. The van der Waals surface area contributed by atoms with Crippen LogP contribution in [0, 0.1) is 5.82 Å². The lowest BCUT2D eigenvalue weighted by Crippen LogP contribution is -2.00. The van der Waals surface area contributed by atoms with Gasteiger partial charge in [0.25, 0.3) is 0 Å². The number of aliphatic hydroxyl groups is 1. The molecule has 0 amide bonds. The first kappa shape index (κ1) is 15.1. The van der Waals surface area contributed by atoms with Crippen molar-refractivity contribution < 1.29 is 14.3 Å². The molecule has 0 saturated heterocycles. The van der Waals surface area contributed by atoms with E-state index in [9.17, 15) is 14.3 Å². The first-order chi connectivity index (χ1) is 11.1. The molecule has 0 spiro atoms. The number of aromatic nitrogens is 3. The van der Waals surface area contributed by atoms with Gasteiger partial charge in [0.05, 0.1) is 0 Å². The molecule has 0 aliphatic rings. The lowest BCUT2D eigenvalue weighted by molar-refractivity contribution is 0.103. The summed E-state index contributed by atoms with van der Waals surface area (Å²) in [5.74, 6) is -0.823. The predicted octanol–water partition coefficient (Wildman–Crippen LogP) is 3.38. The Balaban J connectivity index is 1.82. The van der Waals surface area contributed by atoms with E-state index in [4.69, 9.17) is 0 Å². The van der Waals surface area contributed by atoms with Crippen molar-refractivity contribution in [2.24, 2.45) is 0 Å². The van der Waals surface area contributed by atoms with E-state index in [1.165, 1.54) is 29.8 Å². The van der Waals surface area contributed by atoms with Crippen molar-refractivity contribution in [3.8, 4) is 0 Å². The maximum atomic E-state index is 13.0. The third-order valence-corrected chi connectivity index (χ3v) is 4.14. The molecule has 0 unspecified atom stereocenters. The summed E-state index contributed by atoms with van der Waals surface area (Å²) in [6.45, 7) is 0. The van der Waals surface area contributed by atoms with Crippen LogP contribution in [-0.4, -0.2) is 26.1 Å². The van der Waals surface area contributed by atoms with Gasteiger partial charge in [0.15, 0.2) is 5.82 Å². The first-order valence-corrected chi connectivity index (χ1v) is 7.63. The Kier molecular flexibility index (Phi) is 4.29. The Hall–Kier alpha value is -2.80. The molecule has 2 aromatic heterocycles. The second kappa shape index (κ2) is 6.53. The minimum atomic E-state index is -0.459. The molecular weight excluding hydrogens is 317 g/mol. The summed E-state index contributed by atoms with van der Waals surface area (Å²) >= 11 is 1.46. The molecule has 7 heteroatoms. The number of carbonyl (C=O) groups is 1. The van der Waals surface area contributed by atoms with Crippen LogP contribution in [0.4, 0.5) is 4.39 Å². The van der Waals surface area contributed by atoms with Crippen LogP contribution in [-0.2, 0) is 6.42 Å². The molecule has 0 aliphatic carbocycles. The molecule has 2 heterocycles. The monoisotopic (exact) mass is 329 g/mol. The second-order valence-corrected chi connectivity index (χ2v) is 5.79. The zero-order valence-corrected chi connectivity index (χ0v) is 12.7. The van der Waals surface area contributed by atoms with Gasteiger partial charge in [-0.05, 0) is 29.1 Å². The average Bonchev–Trinajstić information content (AvgIpc) is 3.20. The molecule has 3 aromatic rings. The number of thiophene rings is 1. The van der Waals surface area contributed by atoms with Gasteiger partial charge in [-0.15, -0.1) is 11.3 Å². The maximum absolute atomic E-state index is 13.0. The number of benzene rings is 1. The number of nitrogens with zero attached hydrogens (tertiary/aromatic N) is 2. The van der Waals surface area contributed by atoms with E-state index in [0.717, 1.165) is 16.5 Å². The fraction of sp³-hybridized carbons (Fsp3) is 0.0625. The Labute approximate surface area is 135 Å². The molecular formula is C16H12FN3O2S. The van der Waals surface area contributed by atoms with Crippen molar-refractivity contribution in [1.82, 2.24) is 15.2 Å². The van der Waals surface area contributed by atoms with Gasteiger partial charge < -0.3 is 5.11 Å². The lowest BCUT2D eigenvalue weighted by atomic mass is 10.1. The van der Waals surface area contributed by atoms with Crippen molar-refractivity contribution in [3.63, 3.8) is 0 Å². The van der Waals surface area contributed by atoms with E-state index in [-0.39, 0.29) is 17.4 Å². The van der Waals surface area contributed by atoms with E-state index in [1.54, 1.807) is 18.2 Å². The van der Waals surface area contributed by atoms with Crippen molar-refractivity contribution in [2.75, 3.05) is 0 Å². The van der Waals surface area contributed by atoms with E-state index >= 15 is 0 Å². The molecule has 1 aromatic carbocycles. The Morgan fingerprint density at radius 2 is 2.09 bits per heavy atom. The van der Waals surface area contributed by atoms with Crippen LogP contribution in [0.3, 0.4) is 0 Å². The van der Waals surface area contributed by atoms with Crippen LogP contribution in [0.1, 0.15) is 26.6 Å². The number of aliphatic hydroxyl groups excluding tert-OH is 1. The number of H-pyrrole nitrogens is 1. The number of rotatable bonds is 5. The molecule has 0 saturated carbocycles. The van der Waals surface area contributed by atoms with Gasteiger partial charge >= 0.3 is 0 Å². The number of carbonyl (C=O) groups excluding carboxylic acids is 1. The lowest BCUT2D eigenvalue weighted by Gasteiger charge is -2.04. The highest BCUT2D eigenvalue weighted by Crippen LogP contribution is 2.26. The van der Waals surface area contributed by atoms with Crippen LogP contribution < -0.4 is 0 Å². The summed E-state index contributed by atoms with van der Waals surface area (Å²) in [5, 5.41) is 18.1. The normalized spacial score (nSPS) is 11.6. The predicted molar refractivity (Wildman–Crippen MR) is 84.8 cm³/mol. The summed E-state index contributed by atoms with van der Waals surface area (Å²) in [4.78, 5) is 16.5. The molecule has 2 N–H and O–H groups in total. The van der Waals surface area contributed by atoms with Gasteiger partial charge in [-0.1, -0.05) is 12.1 Å². The highest BCUT2D eigenvalue weighted by atomic mass is 32.1. The van der Waals surface area contributed by atoms with Gasteiger partial charge in [-0.3, -0.25) is 9.89 Å². The van der Waals surface area contributed by atoms with Crippen LogP contribution in [0.5, 0.6) is 0 Å². The van der Waals surface area contributed by atoms with Crippen molar-refractivity contribution in [2.45, 2.75) is 6.42 Å². The van der Waals surface area contributed by atoms with E-state index in [2.05, 4.69) is 15.2 Å².